The molecule has 0 aromatic carbocycles. The van der Waals surface area contributed by atoms with Gasteiger partial charge in [0.05, 0.1) is 12.8 Å². The predicted octanol–water partition coefficient (Wildman–Crippen LogP) is 0.924. The standard InChI is InChI=1S/C8H12ClO4/c1-6(10)13-8(2,3)7(11)12-5-4-9/h1,4-5H2,2-3H3. The molecule has 0 rings (SSSR count). The Morgan fingerprint density at radius 1 is 1.46 bits per heavy atom. The van der Waals surface area contributed by atoms with Gasteiger partial charge < -0.3 is 9.47 Å². The largest absolute Gasteiger partial charge is 0.461 e. The predicted molar refractivity (Wildman–Crippen MR) is 47.2 cm³/mol. The zero-order valence-corrected chi connectivity index (χ0v) is 8.39. The lowest BCUT2D eigenvalue weighted by atomic mass is 10.1. The third-order valence-electron chi connectivity index (χ3n) is 1.17. The van der Waals surface area contributed by atoms with Crippen LogP contribution in [0.1, 0.15) is 13.8 Å². The summed E-state index contributed by atoms with van der Waals surface area (Å²) in [6, 6.07) is 0. The molecule has 0 N–H and O–H groups in total. The number of ether oxygens (including phenoxy) is 2. The van der Waals surface area contributed by atoms with Gasteiger partial charge in [-0.1, -0.05) is 0 Å². The monoisotopic (exact) mass is 207 g/mol. The Morgan fingerprint density at radius 2 is 2.00 bits per heavy atom. The molecule has 5 heteroatoms. The lowest BCUT2D eigenvalue weighted by molar-refractivity contribution is -0.175. The first kappa shape index (κ1) is 12.2. The molecule has 4 nitrogen and oxygen atoms in total. The molecule has 0 aliphatic carbocycles. The van der Waals surface area contributed by atoms with Crippen LogP contribution in [-0.4, -0.2) is 30.0 Å². The van der Waals surface area contributed by atoms with Gasteiger partial charge in [0.2, 0.25) is 5.60 Å². The van der Waals surface area contributed by atoms with E-state index in [1.807, 2.05) is 0 Å². The lowest BCUT2D eigenvalue weighted by Crippen LogP contribution is -2.38. The van der Waals surface area contributed by atoms with E-state index in [2.05, 4.69) is 16.4 Å². The van der Waals surface area contributed by atoms with E-state index < -0.39 is 17.5 Å². The van der Waals surface area contributed by atoms with Crippen LogP contribution >= 0.6 is 11.6 Å². The minimum atomic E-state index is -1.30. The van der Waals surface area contributed by atoms with Crippen molar-refractivity contribution >= 4 is 23.5 Å². The number of hydrogen-bond donors (Lipinski definition) is 0. The minimum absolute atomic E-state index is 0.0957. The molecule has 0 unspecified atom stereocenters. The van der Waals surface area contributed by atoms with Crippen molar-refractivity contribution in [1.29, 1.82) is 0 Å². The van der Waals surface area contributed by atoms with Gasteiger partial charge in [-0.05, 0) is 13.8 Å². The molecule has 0 aromatic rings. The topological polar surface area (TPSA) is 52.6 Å². The highest BCUT2D eigenvalue weighted by Crippen LogP contribution is 2.11. The summed E-state index contributed by atoms with van der Waals surface area (Å²) in [5, 5.41) is 0. The van der Waals surface area contributed by atoms with Crippen LogP contribution in [0.5, 0.6) is 0 Å². The fraction of sp³-hybridized carbons (Fsp3) is 0.625. The van der Waals surface area contributed by atoms with Gasteiger partial charge in [-0.25, -0.2) is 4.79 Å². The number of halogens is 1. The normalized spacial score (nSPS) is 10.8. The van der Waals surface area contributed by atoms with Crippen LogP contribution in [0.4, 0.5) is 0 Å². The highest BCUT2D eigenvalue weighted by atomic mass is 35.5. The molecule has 1 radical (unpaired) electrons. The molecular formula is C8H12ClO4. The van der Waals surface area contributed by atoms with Crippen LogP contribution in [0.25, 0.3) is 0 Å². The average molecular weight is 208 g/mol. The van der Waals surface area contributed by atoms with Gasteiger partial charge in [0.1, 0.15) is 6.61 Å². The van der Waals surface area contributed by atoms with Crippen molar-refractivity contribution < 1.29 is 19.1 Å². The first-order valence-electron chi connectivity index (χ1n) is 3.68. The highest BCUT2D eigenvalue weighted by molar-refractivity contribution is 6.18. The fourth-order valence-corrected chi connectivity index (χ4v) is 0.708. The van der Waals surface area contributed by atoms with Gasteiger partial charge in [-0.15, -0.1) is 11.6 Å². The molecule has 0 saturated heterocycles. The number of carbonyl (C=O) groups excluding carboxylic acids is 2. The summed E-state index contributed by atoms with van der Waals surface area (Å²) in [6.07, 6.45) is 0. The van der Waals surface area contributed by atoms with Crippen molar-refractivity contribution in [3.8, 4) is 0 Å². The maximum atomic E-state index is 11.2. The SMILES string of the molecule is [CH2]C(=O)OC(C)(C)C(=O)OCCCl. The van der Waals surface area contributed by atoms with Gasteiger partial charge in [0.15, 0.2) is 0 Å². The van der Waals surface area contributed by atoms with E-state index in [0.29, 0.717) is 0 Å². The molecule has 0 fully saturated rings. The van der Waals surface area contributed by atoms with E-state index in [4.69, 9.17) is 11.6 Å². The number of hydrogen-bond acceptors (Lipinski definition) is 4. The third kappa shape index (κ3) is 4.72. The molecule has 0 aliphatic heterocycles. The average Bonchev–Trinajstić information content (AvgIpc) is 1.97. The molecule has 0 atom stereocenters. The van der Waals surface area contributed by atoms with Gasteiger partial charge >= 0.3 is 11.9 Å². The first-order valence-corrected chi connectivity index (χ1v) is 4.21. The Balaban J connectivity index is 4.10. The van der Waals surface area contributed by atoms with Crippen molar-refractivity contribution in [3.63, 3.8) is 0 Å². The van der Waals surface area contributed by atoms with E-state index in [-0.39, 0.29) is 12.5 Å². The third-order valence-corrected chi connectivity index (χ3v) is 1.33. The second-order valence-electron chi connectivity index (χ2n) is 2.81. The molecule has 0 amide bonds. The van der Waals surface area contributed by atoms with Crippen LogP contribution in [0, 0.1) is 6.92 Å². The number of carbonyl (C=O) groups is 2. The summed E-state index contributed by atoms with van der Waals surface area (Å²) in [5.41, 5.74) is -1.30. The Morgan fingerprint density at radius 3 is 2.38 bits per heavy atom. The molecule has 0 saturated carbocycles. The number of rotatable bonds is 4. The highest BCUT2D eigenvalue weighted by Gasteiger charge is 2.32. The first-order chi connectivity index (χ1) is 5.90. The van der Waals surface area contributed by atoms with Crippen molar-refractivity contribution in [2.75, 3.05) is 12.5 Å². The van der Waals surface area contributed by atoms with E-state index in [1.165, 1.54) is 13.8 Å². The summed E-state index contributed by atoms with van der Waals surface area (Å²) >= 11 is 5.30. The molecule has 75 valence electrons. The van der Waals surface area contributed by atoms with Crippen molar-refractivity contribution in [1.82, 2.24) is 0 Å². The lowest BCUT2D eigenvalue weighted by Gasteiger charge is -2.21. The Labute approximate surface area is 82.1 Å². The van der Waals surface area contributed by atoms with Crippen LogP contribution < -0.4 is 0 Å². The zero-order chi connectivity index (χ0) is 10.5. The van der Waals surface area contributed by atoms with Gasteiger partial charge in [0, 0.05) is 0 Å². The second-order valence-corrected chi connectivity index (χ2v) is 3.19. The van der Waals surface area contributed by atoms with E-state index in [0.717, 1.165) is 0 Å². The number of esters is 2. The smallest absolute Gasteiger partial charge is 0.350 e. The van der Waals surface area contributed by atoms with Gasteiger partial charge in [-0.2, -0.15) is 0 Å². The van der Waals surface area contributed by atoms with E-state index >= 15 is 0 Å². The molecule has 0 spiro atoms. The summed E-state index contributed by atoms with van der Waals surface area (Å²) < 4.78 is 9.31. The molecule has 13 heavy (non-hydrogen) atoms. The molecule has 0 heterocycles. The Kier molecular flexibility index (Phi) is 4.77. The van der Waals surface area contributed by atoms with Crippen molar-refractivity contribution in [2.45, 2.75) is 19.4 Å². The number of alkyl halides is 1. The van der Waals surface area contributed by atoms with Crippen molar-refractivity contribution in [3.05, 3.63) is 6.92 Å². The van der Waals surface area contributed by atoms with E-state index in [9.17, 15) is 9.59 Å². The molecular weight excluding hydrogens is 196 g/mol. The Bertz CT molecular complexity index is 200. The summed E-state index contributed by atoms with van der Waals surface area (Å²) in [5.74, 6) is -1.20. The molecule has 0 aromatic heterocycles. The van der Waals surface area contributed by atoms with Crippen molar-refractivity contribution in [2.24, 2.45) is 0 Å². The quantitative estimate of drug-likeness (QED) is 0.508. The summed E-state index contributed by atoms with van der Waals surface area (Å²) in [7, 11) is 0. The van der Waals surface area contributed by atoms with Crippen LogP contribution in [0.2, 0.25) is 0 Å². The maximum absolute atomic E-state index is 11.2. The van der Waals surface area contributed by atoms with Crippen LogP contribution in [0.3, 0.4) is 0 Å². The minimum Gasteiger partial charge on any atom is -0.461 e. The Hall–Kier alpha value is -0.770. The molecule has 0 aliphatic rings. The zero-order valence-electron chi connectivity index (χ0n) is 7.63. The second kappa shape index (κ2) is 5.07. The van der Waals surface area contributed by atoms with Gasteiger partial charge in [-0.3, -0.25) is 4.79 Å². The van der Waals surface area contributed by atoms with Gasteiger partial charge in [0.25, 0.3) is 0 Å². The summed E-state index contributed by atoms with van der Waals surface area (Å²) in [4.78, 5) is 21.6. The summed E-state index contributed by atoms with van der Waals surface area (Å²) in [6.45, 7) is 5.93. The van der Waals surface area contributed by atoms with Crippen LogP contribution in [-0.2, 0) is 19.1 Å². The molecule has 0 bridgehead atoms. The van der Waals surface area contributed by atoms with E-state index in [1.54, 1.807) is 0 Å². The maximum Gasteiger partial charge on any atom is 0.350 e. The fourth-order valence-electron chi connectivity index (χ4n) is 0.631. The van der Waals surface area contributed by atoms with Crippen LogP contribution in [0.15, 0.2) is 0 Å².